The molecule has 1 aromatic heterocycles. The van der Waals surface area contributed by atoms with Crippen LogP contribution in [0, 0.1) is 11.3 Å². The maximum atomic E-state index is 11.6. The Morgan fingerprint density at radius 2 is 2.30 bits per heavy atom. The maximum absolute atomic E-state index is 11.6. The topological polar surface area (TPSA) is 92.5 Å². The van der Waals surface area contributed by atoms with Gasteiger partial charge in [0.25, 0.3) is 0 Å². The number of rotatable bonds is 3. The number of esters is 1. The van der Waals surface area contributed by atoms with Crippen LogP contribution in [0.2, 0.25) is 0 Å². The van der Waals surface area contributed by atoms with Gasteiger partial charge in [0.1, 0.15) is 6.10 Å². The number of ether oxygens (including phenoxy) is 2. The lowest BCUT2D eigenvalue weighted by molar-refractivity contribution is -0.164. The number of nitrogens with zero attached hydrogens (tertiary/aromatic N) is 3. The summed E-state index contributed by atoms with van der Waals surface area (Å²) in [7, 11) is 0. The number of amides is 1. The van der Waals surface area contributed by atoms with Crippen LogP contribution < -0.4 is 4.74 Å². The number of hydrogen-bond acceptors (Lipinski definition) is 6. The molecule has 104 valence electrons. The Kier molecular flexibility index (Phi) is 4.15. The normalized spacial score (nSPS) is 14.1. The molecule has 20 heavy (non-hydrogen) atoms. The third-order valence-electron chi connectivity index (χ3n) is 2.74. The van der Waals surface area contributed by atoms with Crippen molar-refractivity contribution in [3.63, 3.8) is 0 Å². The Morgan fingerprint density at radius 1 is 1.55 bits per heavy atom. The first-order valence-electron chi connectivity index (χ1n) is 6.13. The van der Waals surface area contributed by atoms with Crippen LogP contribution in [-0.2, 0) is 14.3 Å². The molecule has 2 heterocycles. The molecule has 1 aliphatic heterocycles. The van der Waals surface area contributed by atoms with Gasteiger partial charge < -0.3 is 14.4 Å². The lowest BCUT2D eigenvalue weighted by Gasteiger charge is -2.37. The van der Waals surface area contributed by atoms with Crippen molar-refractivity contribution in [2.45, 2.75) is 13.0 Å². The minimum atomic E-state index is -0.851. The zero-order valence-corrected chi connectivity index (χ0v) is 10.9. The minimum absolute atomic E-state index is 0.170. The van der Waals surface area contributed by atoms with E-state index in [1.165, 1.54) is 17.2 Å². The minimum Gasteiger partial charge on any atom is -0.471 e. The van der Waals surface area contributed by atoms with E-state index in [-0.39, 0.29) is 12.7 Å². The first-order valence-corrected chi connectivity index (χ1v) is 6.13. The lowest BCUT2D eigenvalue weighted by atomic mass is 10.1. The van der Waals surface area contributed by atoms with Crippen molar-refractivity contribution in [2.24, 2.45) is 0 Å². The molecule has 0 unspecified atom stereocenters. The van der Waals surface area contributed by atoms with Crippen molar-refractivity contribution in [3.8, 4) is 11.9 Å². The Labute approximate surface area is 115 Å². The molecule has 0 N–H and O–H groups in total. The van der Waals surface area contributed by atoms with Crippen LogP contribution in [-0.4, -0.2) is 47.6 Å². The Morgan fingerprint density at radius 3 is 2.95 bits per heavy atom. The molecule has 0 saturated carbocycles. The van der Waals surface area contributed by atoms with Crippen molar-refractivity contribution in [2.75, 3.05) is 19.7 Å². The first-order chi connectivity index (χ1) is 9.63. The molecule has 0 spiro atoms. The van der Waals surface area contributed by atoms with Gasteiger partial charge in [0.05, 0.1) is 31.3 Å². The average Bonchev–Trinajstić information content (AvgIpc) is 2.42. The van der Waals surface area contributed by atoms with E-state index in [1.54, 1.807) is 13.0 Å². The standard InChI is InChI=1S/C13H13N3O4/c1-2-19-13(18)12(17)16-7-10(8-16)20-11-5-9(6-14)3-4-15-11/h3-5,10H,2,7-8H2,1H3. The molecule has 1 amide bonds. The highest BCUT2D eigenvalue weighted by Gasteiger charge is 2.36. The van der Waals surface area contributed by atoms with Gasteiger partial charge in [0.15, 0.2) is 0 Å². The number of hydrogen-bond donors (Lipinski definition) is 0. The van der Waals surface area contributed by atoms with Crippen molar-refractivity contribution in [1.29, 1.82) is 5.26 Å². The average molecular weight is 275 g/mol. The zero-order chi connectivity index (χ0) is 14.5. The number of carbonyl (C=O) groups excluding carboxylic acids is 2. The summed E-state index contributed by atoms with van der Waals surface area (Å²) in [5.74, 6) is -1.18. The number of aromatic nitrogens is 1. The smallest absolute Gasteiger partial charge is 0.397 e. The molecule has 1 saturated heterocycles. The van der Waals surface area contributed by atoms with Gasteiger partial charge in [-0.2, -0.15) is 5.26 Å². The number of carbonyl (C=O) groups is 2. The predicted octanol–water partition coefficient (Wildman–Crippen LogP) is 0.106. The van der Waals surface area contributed by atoms with Gasteiger partial charge in [-0.1, -0.05) is 0 Å². The lowest BCUT2D eigenvalue weighted by Crippen LogP contribution is -2.58. The Hall–Kier alpha value is -2.62. The molecule has 2 rings (SSSR count). The molecule has 0 aliphatic carbocycles. The van der Waals surface area contributed by atoms with Gasteiger partial charge in [-0.25, -0.2) is 9.78 Å². The fourth-order valence-electron chi connectivity index (χ4n) is 1.71. The monoisotopic (exact) mass is 275 g/mol. The molecule has 1 aliphatic rings. The van der Waals surface area contributed by atoms with E-state index in [0.717, 1.165) is 0 Å². The summed E-state index contributed by atoms with van der Waals surface area (Å²) in [5.41, 5.74) is 0.453. The molecular formula is C13H13N3O4. The van der Waals surface area contributed by atoms with Crippen LogP contribution in [0.5, 0.6) is 5.88 Å². The Balaban J connectivity index is 1.83. The summed E-state index contributed by atoms with van der Waals surface area (Å²) in [5, 5.41) is 8.76. The summed E-state index contributed by atoms with van der Waals surface area (Å²) in [6.07, 6.45) is 1.25. The molecule has 0 aromatic carbocycles. The van der Waals surface area contributed by atoms with Crippen LogP contribution in [0.15, 0.2) is 18.3 Å². The molecule has 0 bridgehead atoms. The van der Waals surface area contributed by atoms with Gasteiger partial charge in [-0.15, -0.1) is 0 Å². The highest BCUT2D eigenvalue weighted by Crippen LogP contribution is 2.17. The highest BCUT2D eigenvalue weighted by molar-refractivity contribution is 6.32. The van der Waals surface area contributed by atoms with Crippen molar-refractivity contribution >= 4 is 11.9 Å². The third kappa shape index (κ3) is 3.03. The molecule has 0 radical (unpaired) electrons. The maximum Gasteiger partial charge on any atom is 0.397 e. The number of pyridine rings is 1. The summed E-state index contributed by atoms with van der Waals surface area (Å²) < 4.78 is 10.1. The Bertz CT molecular complexity index is 561. The summed E-state index contributed by atoms with van der Waals surface area (Å²) in [4.78, 5) is 28.1. The fraction of sp³-hybridized carbons (Fsp3) is 0.385. The number of nitriles is 1. The molecule has 7 heteroatoms. The third-order valence-corrected chi connectivity index (χ3v) is 2.74. The second kappa shape index (κ2) is 6.02. The van der Waals surface area contributed by atoms with E-state index in [0.29, 0.717) is 24.5 Å². The van der Waals surface area contributed by atoms with Crippen LogP contribution in [0.3, 0.4) is 0 Å². The molecule has 1 aromatic rings. The molecule has 0 atom stereocenters. The van der Waals surface area contributed by atoms with E-state index in [4.69, 9.17) is 10.00 Å². The van der Waals surface area contributed by atoms with Crippen LogP contribution >= 0.6 is 0 Å². The van der Waals surface area contributed by atoms with Crippen LogP contribution in [0.1, 0.15) is 12.5 Å². The molecular weight excluding hydrogens is 262 g/mol. The van der Waals surface area contributed by atoms with Crippen molar-refractivity contribution < 1.29 is 19.1 Å². The van der Waals surface area contributed by atoms with E-state index >= 15 is 0 Å². The van der Waals surface area contributed by atoms with Gasteiger partial charge >= 0.3 is 11.9 Å². The van der Waals surface area contributed by atoms with Gasteiger partial charge in [0, 0.05) is 12.3 Å². The van der Waals surface area contributed by atoms with Crippen molar-refractivity contribution in [3.05, 3.63) is 23.9 Å². The largest absolute Gasteiger partial charge is 0.471 e. The van der Waals surface area contributed by atoms with Gasteiger partial charge in [0.2, 0.25) is 5.88 Å². The molecule has 1 fully saturated rings. The SMILES string of the molecule is CCOC(=O)C(=O)N1CC(Oc2cc(C#N)ccn2)C1. The highest BCUT2D eigenvalue weighted by atomic mass is 16.5. The van der Waals surface area contributed by atoms with E-state index in [9.17, 15) is 9.59 Å². The fourth-order valence-corrected chi connectivity index (χ4v) is 1.71. The van der Waals surface area contributed by atoms with E-state index in [1.807, 2.05) is 6.07 Å². The second-order valence-electron chi connectivity index (χ2n) is 4.17. The first kappa shape index (κ1) is 13.8. The predicted molar refractivity (Wildman–Crippen MR) is 66.6 cm³/mol. The van der Waals surface area contributed by atoms with Crippen molar-refractivity contribution in [1.82, 2.24) is 9.88 Å². The summed E-state index contributed by atoms with van der Waals surface area (Å²) in [6.45, 7) is 2.41. The van der Waals surface area contributed by atoms with Gasteiger partial charge in [-0.05, 0) is 13.0 Å². The summed E-state index contributed by atoms with van der Waals surface area (Å²) in [6, 6.07) is 5.08. The van der Waals surface area contributed by atoms with E-state index < -0.39 is 11.9 Å². The quantitative estimate of drug-likeness (QED) is 0.574. The van der Waals surface area contributed by atoms with E-state index in [2.05, 4.69) is 9.72 Å². The molecule has 7 nitrogen and oxygen atoms in total. The number of likely N-dealkylation sites (tertiary alicyclic amines) is 1. The van der Waals surface area contributed by atoms with Crippen LogP contribution in [0.4, 0.5) is 0 Å². The van der Waals surface area contributed by atoms with Crippen LogP contribution in [0.25, 0.3) is 0 Å². The summed E-state index contributed by atoms with van der Waals surface area (Å²) >= 11 is 0. The second-order valence-corrected chi connectivity index (χ2v) is 4.17. The zero-order valence-electron chi connectivity index (χ0n) is 10.9. The van der Waals surface area contributed by atoms with Gasteiger partial charge in [-0.3, -0.25) is 4.79 Å².